The summed E-state index contributed by atoms with van der Waals surface area (Å²) in [5.41, 5.74) is 7.79. The van der Waals surface area contributed by atoms with Crippen LogP contribution in [0.3, 0.4) is 0 Å². The van der Waals surface area contributed by atoms with Gasteiger partial charge in [0.1, 0.15) is 0 Å². The topological polar surface area (TPSA) is 58.8 Å². The van der Waals surface area contributed by atoms with E-state index in [-0.39, 0.29) is 24.2 Å². The normalized spacial score (nSPS) is 30.6. The Kier molecular flexibility index (Phi) is 5.77. The third-order valence-electron chi connectivity index (χ3n) is 5.36. The van der Waals surface area contributed by atoms with Crippen LogP contribution < -0.4 is 5.73 Å². The highest BCUT2D eigenvalue weighted by Gasteiger charge is 2.32. The minimum absolute atomic E-state index is 0.128. The fourth-order valence-electron chi connectivity index (χ4n) is 4.19. The van der Waals surface area contributed by atoms with Crippen LogP contribution in [0.15, 0.2) is 24.3 Å². The lowest BCUT2D eigenvalue weighted by Crippen LogP contribution is -2.44. The number of rotatable bonds is 4. The molecule has 3 rings (SSSR count). The molecule has 1 amide bonds. The molecule has 0 radical (unpaired) electrons. The molecule has 0 saturated carbocycles. The summed E-state index contributed by atoms with van der Waals surface area (Å²) in [5.74, 6) is 0.562. The van der Waals surface area contributed by atoms with Gasteiger partial charge >= 0.3 is 0 Å². The largest absolute Gasteiger partial charge is 0.373 e. The van der Waals surface area contributed by atoms with E-state index in [1.165, 1.54) is 5.56 Å². The van der Waals surface area contributed by atoms with E-state index in [1.54, 1.807) is 0 Å². The average molecular weight is 345 g/mol. The first kappa shape index (κ1) is 18.4. The Bertz CT molecular complexity index is 579. The Balaban J connectivity index is 1.61. The smallest absolute Gasteiger partial charge is 0.254 e. The molecule has 2 fully saturated rings. The van der Waals surface area contributed by atoms with Crippen molar-refractivity contribution in [1.29, 1.82) is 0 Å². The summed E-state index contributed by atoms with van der Waals surface area (Å²) in [5, 5.41) is 0. The number of nitrogens with zero attached hydrogens (tertiary/aromatic N) is 2. The van der Waals surface area contributed by atoms with Crippen LogP contribution in [0, 0.1) is 5.92 Å². The summed E-state index contributed by atoms with van der Waals surface area (Å²) in [4.78, 5) is 17.2. The van der Waals surface area contributed by atoms with Gasteiger partial charge in [-0.05, 0) is 57.4 Å². The van der Waals surface area contributed by atoms with Crippen molar-refractivity contribution >= 4 is 5.91 Å². The van der Waals surface area contributed by atoms with E-state index in [1.807, 2.05) is 17.0 Å². The van der Waals surface area contributed by atoms with E-state index in [0.717, 1.165) is 38.2 Å². The van der Waals surface area contributed by atoms with Crippen LogP contribution in [0.2, 0.25) is 0 Å². The quantitative estimate of drug-likeness (QED) is 0.908. The van der Waals surface area contributed by atoms with Gasteiger partial charge in [0.15, 0.2) is 0 Å². The molecule has 2 saturated heterocycles. The van der Waals surface area contributed by atoms with Crippen LogP contribution in [0.4, 0.5) is 0 Å². The lowest BCUT2D eigenvalue weighted by Gasteiger charge is -2.35. The molecular formula is C20H31N3O2. The maximum absolute atomic E-state index is 12.8. The Morgan fingerprint density at radius 1 is 1.12 bits per heavy atom. The molecule has 138 valence electrons. The van der Waals surface area contributed by atoms with Gasteiger partial charge in [0.05, 0.1) is 12.2 Å². The van der Waals surface area contributed by atoms with Gasteiger partial charge in [0.2, 0.25) is 0 Å². The first-order chi connectivity index (χ1) is 12.0. The fraction of sp³-hybridized carbons (Fsp3) is 0.650. The van der Waals surface area contributed by atoms with E-state index >= 15 is 0 Å². The van der Waals surface area contributed by atoms with Crippen molar-refractivity contribution in [1.82, 2.24) is 9.80 Å². The number of likely N-dealkylation sites (tertiary alicyclic amines) is 1. The third kappa shape index (κ3) is 4.40. The predicted molar refractivity (Wildman–Crippen MR) is 99.4 cm³/mol. The highest BCUT2D eigenvalue weighted by molar-refractivity contribution is 5.94. The number of hydrogen-bond acceptors (Lipinski definition) is 4. The van der Waals surface area contributed by atoms with E-state index in [9.17, 15) is 4.79 Å². The first-order valence-electron chi connectivity index (χ1n) is 9.44. The molecule has 0 aromatic heterocycles. The molecule has 0 bridgehead atoms. The van der Waals surface area contributed by atoms with Crippen LogP contribution >= 0.6 is 0 Å². The Hall–Kier alpha value is -1.43. The molecule has 5 heteroatoms. The van der Waals surface area contributed by atoms with Crippen LogP contribution in [-0.4, -0.2) is 60.1 Å². The molecule has 1 aromatic rings. The number of morpholine rings is 1. The second kappa shape index (κ2) is 7.85. The van der Waals surface area contributed by atoms with Crippen molar-refractivity contribution in [3.63, 3.8) is 0 Å². The van der Waals surface area contributed by atoms with Gasteiger partial charge in [-0.2, -0.15) is 0 Å². The van der Waals surface area contributed by atoms with Gasteiger partial charge in [-0.15, -0.1) is 0 Å². The molecule has 1 aromatic carbocycles. The molecule has 0 aliphatic carbocycles. The molecule has 2 heterocycles. The maximum Gasteiger partial charge on any atom is 0.254 e. The van der Waals surface area contributed by atoms with Crippen molar-refractivity contribution in [2.24, 2.45) is 11.7 Å². The summed E-state index contributed by atoms with van der Waals surface area (Å²) in [6, 6.07) is 8.37. The van der Waals surface area contributed by atoms with Gasteiger partial charge in [0.25, 0.3) is 5.91 Å². The van der Waals surface area contributed by atoms with Gasteiger partial charge < -0.3 is 15.4 Å². The van der Waals surface area contributed by atoms with Crippen molar-refractivity contribution in [2.45, 2.75) is 52.0 Å². The molecule has 4 unspecified atom stereocenters. The zero-order valence-electron chi connectivity index (χ0n) is 15.6. The Labute approximate surface area is 151 Å². The summed E-state index contributed by atoms with van der Waals surface area (Å²) in [7, 11) is 0. The number of carbonyl (C=O) groups excluding carboxylic acids is 1. The van der Waals surface area contributed by atoms with E-state index in [2.05, 4.69) is 37.8 Å². The number of nitrogens with two attached hydrogens (primary N) is 1. The van der Waals surface area contributed by atoms with Crippen molar-refractivity contribution in [2.75, 3.05) is 26.2 Å². The van der Waals surface area contributed by atoms with Crippen LogP contribution in [0.5, 0.6) is 0 Å². The van der Waals surface area contributed by atoms with E-state index in [0.29, 0.717) is 12.5 Å². The van der Waals surface area contributed by atoms with Crippen LogP contribution in [0.1, 0.15) is 43.1 Å². The number of hydrogen-bond donors (Lipinski definition) is 1. The van der Waals surface area contributed by atoms with Crippen molar-refractivity contribution in [3.8, 4) is 0 Å². The molecule has 4 atom stereocenters. The minimum atomic E-state index is 0.128. The molecule has 0 spiro atoms. The molecule has 2 aliphatic rings. The zero-order chi connectivity index (χ0) is 18.0. The molecule has 2 N–H and O–H groups in total. The average Bonchev–Trinajstić information content (AvgIpc) is 2.95. The van der Waals surface area contributed by atoms with Crippen molar-refractivity contribution in [3.05, 3.63) is 35.4 Å². The van der Waals surface area contributed by atoms with Gasteiger partial charge in [-0.1, -0.05) is 12.1 Å². The van der Waals surface area contributed by atoms with E-state index in [4.69, 9.17) is 10.5 Å². The van der Waals surface area contributed by atoms with Crippen molar-refractivity contribution < 1.29 is 9.53 Å². The third-order valence-corrected chi connectivity index (χ3v) is 5.36. The highest BCUT2D eigenvalue weighted by atomic mass is 16.5. The van der Waals surface area contributed by atoms with Crippen LogP contribution in [-0.2, 0) is 11.3 Å². The second-order valence-electron chi connectivity index (χ2n) is 7.79. The second-order valence-corrected chi connectivity index (χ2v) is 7.79. The molecule has 2 aliphatic heterocycles. The summed E-state index contributed by atoms with van der Waals surface area (Å²) < 4.78 is 5.79. The number of benzene rings is 1. The summed E-state index contributed by atoms with van der Waals surface area (Å²) >= 11 is 0. The van der Waals surface area contributed by atoms with E-state index < -0.39 is 0 Å². The molecule has 5 nitrogen and oxygen atoms in total. The summed E-state index contributed by atoms with van der Waals surface area (Å²) in [6.07, 6.45) is 1.56. The zero-order valence-corrected chi connectivity index (χ0v) is 15.6. The molecular weight excluding hydrogens is 314 g/mol. The SMILES string of the molecule is CC1CN(Cc2ccc(C(=O)N3CC(CN)CC3C)cc2)CC(C)O1. The monoisotopic (exact) mass is 345 g/mol. The minimum Gasteiger partial charge on any atom is -0.373 e. The lowest BCUT2D eigenvalue weighted by molar-refractivity contribution is -0.0704. The van der Waals surface area contributed by atoms with Gasteiger partial charge in [-0.25, -0.2) is 0 Å². The fourth-order valence-corrected chi connectivity index (χ4v) is 4.19. The Morgan fingerprint density at radius 3 is 2.32 bits per heavy atom. The van der Waals surface area contributed by atoms with Gasteiger partial charge in [-0.3, -0.25) is 9.69 Å². The maximum atomic E-state index is 12.8. The number of carbonyl (C=O) groups is 1. The lowest BCUT2D eigenvalue weighted by atomic mass is 10.1. The number of amides is 1. The predicted octanol–water partition coefficient (Wildman–Crippen LogP) is 2.11. The summed E-state index contributed by atoms with van der Waals surface area (Å²) in [6.45, 7) is 10.6. The Morgan fingerprint density at radius 2 is 1.76 bits per heavy atom. The molecule has 25 heavy (non-hydrogen) atoms. The standard InChI is InChI=1S/C20H31N3O2/c1-14-8-18(9-21)13-23(14)20(24)19-6-4-17(5-7-19)12-22-10-15(2)25-16(3)11-22/h4-7,14-16,18H,8-13,21H2,1-3H3. The van der Waals surface area contributed by atoms with Gasteiger partial charge in [0, 0.05) is 37.8 Å². The first-order valence-corrected chi connectivity index (χ1v) is 9.44. The number of ether oxygens (including phenoxy) is 1. The van der Waals surface area contributed by atoms with Crippen LogP contribution in [0.25, 0.3) is 0 Å². The highest BCUT2D eigenvalue weighted by Crippen LogP contribution is 2.24.